The zero-order valence-corrected chi connectivity index (χ0v) is 11.7. The lowest BCUT2D eigenvalue weighted by atomic mass is 10.3. The number of allylic oxidation sites excluding steroid dienone is 1. The maximum Gasteiger partial charge on any atom is 0.263 e. The average Bonchev–Trinajstić information content (AvgIpc) is 2.94. The largest absolute Gasteiger partial charge is 0.263 e. The smallest absolute Gasteiger partial charge is 0.227 e. The molecule has 0 saturated heterocycles. The fraction of sp³-hybridized carbons (Fsp3) is 0. The molecule has 17 heavy (non-hydrogen) atoms. The molecule has 2 aromatic heterocycles. The lowest BCUT2D eigenvalue weighted by Gasteiger charge is -1.88. The van der Waals surface area contributed by atoms with Crippen LogP contribution in [0.5, 0.6) is 0 Å². The Labute approximate surface area is 115 Å². The van der Waals surface area contributed by atoms with E-state index >= 15 is 0 Å². The van der Waals surface area contributed by atoms with E-state index in [1.807, 2.05) is 30.3 Å². The Morgan fingerprint density at radius 2 is 2.00 bits per heavy atom. The number of hydrogen-bond acceptors (Lipinski definition) is 3. The van der Waals surface area contributed by atoms with E-state index < -0.39 is 0 Å². The van der Waals surface area contributed by atoms with Crippen LogP contribution in [0.2, 0.25) is 0 Å². The summed E-state index contributed by atoms with van der Waals surface area (Å²) < 4.78 is 1.09. The summed E-state index contributed by atoms with van der Waals surface area (Å²) in [6.07, 6.45) is 1.61. The molecule has 0 spiro atoms. The van der Waals surface area contributed by atoms with Gasteiger partial charge in [0.25, 0.3) is 5.70 Å². The van der Waals surface area contributed by atoms with Crippen molar-refractivity contribution in [3.05, 3.63) is 50.0 Å². The maximum absolute atomic E-state index is 8.68. The van der Waals surface area contributed by atoms with E-state index in [0.29, 0.717) is 0 Å². The van der Waals surface area contributed by atoms with Gasteiger partial charge in [-0.3, -0.25) is 0 Å². The molecule has 0 aliphatic carbocycles. The van der Waals surface area contributed by atoms with Gasteiger partial charge in [-0.15, -0.1) is 22.7 Å². The molecule has 0 N–H and O–H groups in total. The topological polar surface area (TPSA) is 28.1 Å². The van der Waals surface area contributed by atoms with Crippen LogP contribution in [0.1, 0.15) is 4.88 Å². The summed E-state index contributed by atoms with van der Waals surface area (Å²) in [5.74, 6) is 0. The minimum Gasteiger partial charge on any atom is -0.227 e. The van der Waals surface area contributed by atoms with Gasteiger partial charge in [0.05, 0.1) is 16.4 Å². The second-order valence-corrected chi connectivity index (χ2v) is 6.64. The predicted octanol–water partition coefficient (Wildman–Crippen LogP) is 5.02. The minimum absolute atomic E-state index is 0.116. The number of nitriles is 1. The van der Waals surface area contributed by atoms with Crippen LogP contribution in [0.15, 0.2) is 33.7 Å². The number of hydrogen-bond donors (Lipinski definition) is 0. The molecular weight excluding hydrogens is 316 g/mol. The highest BCUT2D eigenvalue weighted by Gasteiger charge is 2.05. The van der Waals surface area contributed by atoms with Crippen molar-refractivity contribution in [1.82, 2.24) is 0 Å². The highest BCUT2D eigenvalue weighted by Crippen LogP contribution is 2.36. The lowest BCUT2D eigenvalue weighted by Crippen LogP contribution is -1.65. The van der Waals surface area contributed by atoms with E-state index in [-0.39, 0.29) is 5.70 Å². The fourth-order valence-corrected chi connectivity index (χ4v) is 3.66. The standard InChI is InChI=1S/C12H5BrN2S2/c1-15-8(7-14)6-9-2-3-10(16-9)11-4-5-12(13)17-11/h2-6H/b8-6-. The number of nitrogens with zero attached hydrogens (tertiary/aromatic N) is 2. The third-order valence-electron chi connectivity index (χ3n) is 1.96. The lowest BCUT2D eigenvalue weighted by molar-refractivity contribution is 1.51. The van der Waals surface area contributed by atoms with Crippen molar-refractivity contribution < 1.29 is 0 Å². The molecule has 0 atom stereocenters. The molecular formula is C12H5BrN2S2. The summed E-state index contributed by atoms with van der Waals surface area (Å²) in [6, 6.07) is 9.86. The molecule has 2 nitrogen and oxygen atoms in total. The Kier molecular flexibility index (Phi) is 3.75. The highest BCUT2D eigenvalue weighted by molar-refractivity contribution is 9.11. The van der Waals surface area contributed by atoms with Crippen molar-refractivity contribution in [3.63, 3.8) is 0 Å². The molecule has 0 radical (unpaired) electrons. The second kappa shape index (κ2) is 5.29. The summed E-state index contributed by atoms with van der Waals surface area (Å²) in [6.45, 7) is 6.82. The first-order valence-electron chi connectivity index (χ1n) is 4.58. The van der Waals surface area contributed by atoms with Gasteiger partial charge in [-0.25, -0.2) is 10.1 Å². The Morgan fingerprint density at radius 1 is 1.29 bits per heavy atom. The predicted molar refractivity (Wildman–Crippen MR) is 75.5 cm³/mol. The van der Waals surface area contributed by atoms with E-state index in [4.69, 9.17) is 11.8 Å². The van der Waals surface area contributed by atoms with Gasteiger partial charge >= 0.3 is 0 Å². The molecule has 5 heteroatoms. The van der Waals surface area contributed by atoms with Gasteiger partial charge in [-0.1, -0.05) is 0 Å². The van der Waals surface area contributed by atoms with Crippen molar-refractivity contribution in [3.8, 4) is 15.8 Å². The van der Waals surface area contributed by atoms with Gasteiger partial charge in [-0.2, -0.15) is 0 Å². The van der Waals surface area contributed by atoms with Crippen LogP contribution in [-0.2, 0) is 0 Å². The minimum atomic E-state index is 0.116. The fourth-order valence-electron chi connectivity index (χ4n) is 1.23. The average molecular weight is 321 g/mol. The van der Waals surface area contributed by atoms with Crippen LogP contribution >= 0.6 is 38.6 Å². The summed E-state index contributed by atoms with van der Waals surface area (Å²) in [4.78, 5) is 6.40. The maximum atomic E-state index is 8.68. The first-order chi connectivity index (χ1) is 8.22. The van der Waals surface area contributed by atoms with Gasteiger partial charge in [0.2, 0.25) is 0 Å². The van der Waals surface area contributed by atoms with E-state index in [9.17, 15) is 0 Å². The van der Waals surface area contributed by atoms with E-state index in [1.54, 1.807) is 28.7 Å². The molecule has 0 fully saturated rings. The molecule has 2 heterocycles. The van der Waals surface area contributed by atoms with Gasteiger partial charge in [0.1, 0.15) is 0 Å². The van der Waals surface area contributed by atoms with Crippen molar-refractivity contribution >= 4 is 44.7 Å². The Hall–Kier alpha value is -1.40. The van der Waals surface area contributed by atoms with Crippen molar-refractivity contribution in [1.29, 1.82) is 5.26 Å². The zero-order chi connectivity index (χ0) is 12.3. The summed E-state index contributed by atoms with van der Waals surface area (Å²) in [5, 5.41) is 8.68. The van der Waals surface area contributed by atoms with Crippen LogP contribution in [-0.4, -0.2) is 0 Å². The Bertz CT molecular complexity index is 637. The Balaban J connectivity index is 2.32. The quantitative estimate of drug-likeness (QED) is 0.563. The monoisotopic (exact) mass is 320 g/mol. The summed E-state index contributed by atoms with van der Waals surface area (Å²) in [5.41, 5.74) is 0.116. The van der Waals surface area contributed by atoms with Crippen LogP contribution in [0.25, 0.3) is 20.7 Å². The highest BCUT2D eigenvalue weighted by atomic mass is 79.9. The molecule has 2 rings (SSSR count). The van der Waals surface area contributed by atoms with Crippen molar-refractivity contribution in [2.45, 2.75) is 0 Å². The zero-order valence-electron chi connectivity index (χ0n) is 8.48. The van der Waals surface area contributed by atoms with Gasteiger partial charge in [-0.05, 0) is 46.3 Å². The van der Waals surface area contributed by atoms with Crippen molar-refractivity contribution in [2.24, 2.45) is 0 Å². The van der Waals surface area contributed by atoms with Crippen LogP contribution in [0.4, 0.5) is 0 Å². The van der Waals surface area contributed by atoms with E-state index in [2.05, 4.69) is 20.8 Å². The van der Waals surface area contributed by atoms with Crippen molar-refractivity contribution in [2.75, 3.05) is 0 Å². The Morgan fingerprint density at radius 3 is 2.59 bits per heavy atom. The van der Waals surface area contributed by atoms with E-state index in [0.717, 1.165) is 13.5 Å². The summed E-state index contributed by atoms with van der Waals surface area (Å²) in [7, 11) is 0. The molecule has 0 saturated carbocycles. The molecule has 0 aliphatic heterocycles. The molecule has 0 aromatic carbocycles. The molecule has 0 aliphatic rings. The van der Waals surface area contributed by atoms with Crippen LogP contribution < -0.4 is 0 Å². The normalized spacial score (nSPS) is 10.9. The van der Waals surface area contributed by atoms with Gasteiger partial charge in [0, 0.05) is 14.6 Å². The summed E-state index contributed by atoms with van der Waals surface area (Å²) >= 11 is 6.67. The molecule has 82 valence electrons. The molecule has 0 unspecified atom stereocenters. The number of rotatable bonds is 2. The van der Waals surface area contributed by atoms with E-state index in [1.165, 1.54) is 4.88 Å². The molecule has 0 bridgehead atoms. The SMILES string of the molecule is [C-]#[N+]/C(C#N)=C\c1ccc(-c2ccc(Br)s2)s1. The second-order valence-electron chi connectivity index (χ2n) is 3.06. The number of halogens is 1. The van der Waals surface area contributed by atoms with Crippen LogP contribution in [0, 0.1) is 17.9 Å². The molecule has 2 aromatic rings. The number of thiophene rings is 2. The molecule has 0 amide bonds. The van der Waals surface area contributed by atoms with Gasteiger partial charge in [0.15, 0.2) is 0 Å². The third kappa shape index (κ3) is 2.83. The first kappa shape index (κ1) is 12.1. The third-order valence-corrected chi connectivity index (χ3v) is 4.81. The van der Waals surface area contributed by atoms with Crippen LogP contribution in [0.3, 0.4) is 0 Å². The first-order valence-corrected chi connectivity index (χ1v) is 7.00. The van der Waals surface area contributed by atoms with Gasteiger partial charge < -0.3 is 0 Å².